The third-order valence-corrected chi connectivity index (χ3v) is 2.80. The fourth-order valence-electron chi connectivity index (χ4n) is 1.54. The van der Waals surface area contributed by atoms with Crippen LogP contribution < -0.4 is 11.5 Å². The highest BCUT2D eigenvalue weighted by Crippen LogP contribution is 2.29. The Labute approximate surface area is 111 Å². The van der Waals surface area contributed by atoms with E-state index in [2.05, 4.69) is 0 Å². The van der Waals surface area contributed by atoms with Crippen molar-refractivity contribution in [3.05, 3.63) is 34.4 Å². The van der Waals surface area contributed by atoms with Gasteiger partial charge in [-0.15, -0.1) is 12.4 Å². The zero-order chi connectivity index (χ0) is 12.1. The second-order valence-corrected chi connectivity index (χ2v) is 4.03. The number of hydrogen-bond acceptors (Lipinski definition) is 2. The predicted octanol–water partition coefficient (Wildman–Crippen LogP) is 3.17. The van der Waals surface area contributed by atoms with Gasteiger partial charge in [0.15, 0.2) is 0 Å². The normalized spacial score (nSPS) is 12.1. The van der Waals surface area contributed by atoms with Gasteiger partial charge in [0, 0.05) is 11.6 Å². The Hall–Kier alpha value is -0.420. The van der Waals surface area contributed by atoms with E-state index >= 15 is 0 Å². The van der Waals surface area contributed by atoms with Crippen molar-refractivity contribution in [3.63, 3.8) is 0 Å². The number of unbranched alkanes of at least 4 members (excludes halogenated alkanes) is 1. The summed E-state index contributed by atoms with van der Waals surface area (Å²) < 4.78 is 26.6. The molecule has 0 aliphatic rings. The lowest BCUT2D eigenvalue weighted by molar-refractivity contribution is 0.532. The van der Waals surface area contributed by atoms with Gasteiger partial charge in [0.05, 0.1) is 5.02 Å². The van der Waals surface area contributed by atoms with Crippen molar-refractivity contribution in [1.82, 2.24) is 0 Å². The number of hydrogen-bond donors (Lipinski definition) is 2. The molecule has 0 aliphatic carbocycles. The predicted molar refractivity (Wildman–Crippen MR) is 68.4 cm³/mol. The zero-order valence-corrected chi connectivity index (χ0v) is 10.8. The molecule has 0 aliphatic heterocycles. The Bertz CT molecular complexity index is 362. The molecule has 0 spiro atoms. The van der Waals surface area contributed by atoms with E-state index in [4.69, 9.17) is 23.1 Å². The largest absolute Gasteiger partial charge is 0.330 e. The van der Waals surface area contributed by atoms with Crippen molar-refractivity contribution < 1.29 is 8.78 Å². The summed E-state index contributed by atoms with van der Waals surface area (Å²) in [7, 11) is 0. The quantitative estimate of drug-likeness (QED) is 0.645. The smallest absolute Gasteiger partial charge is 0.142 e. The lowest BCUT2D eigenvalue weighted by atomic mass is 10.0. The van der Waals surface area contributed by atoms with E-state index in [0.29, 0.717) is 13.0 Å². The summed E-state index contributed by atoms with van der Waals surface area (Å²) in [5.74, 6) is -1.21. The van der Waals surface area contributed by atoms with Crippen molar-refractivity contribution >= 4 is 24.0 Å². The summed E-state index contributed by atoms with van der Waals surface area (Å²) >= 11 is 5.69. The molecule has 1 atom stereocenters. The monoisotopic (exact) mass is 284 g/mol. The molecular formula is C11H16Cl2F2N2. The first-order valence-corrected chi connectivity index (χ1v) is 5.54. The van der Waals surface area contributed by atoms with Gasteiger partial charge in [0.2, 0.25) is 0 Å². The number of nitrogens with two attached hydrogens (primary N) is 2. The standard InChI is InChI=1S/C11H15ClF2N2.ClH/c12-11-8(14)5-4-7(13)10(11)9(16)3-1-2-6-15;/h4-5,9H,1-3,6,15-16H2;1H/t9-;/m1./s1. The van der Waals surface area contributed by atoms with Crippen molar-refractivity contribution in [2.75, 3.05) is 6.54 Å². The van der Waals surface area contributed by atoms with Crippen LogP contribution in [0.15, 0.2) is 12.1 Å². The molecule has 17 heavy (non-hydrogen) atoms. The Morgan fingerprint density at radius 3 is 2.35 bits per heavy atom. The number of halogens is 4. The Morgan fingerprint density at radius 2 is 1.76 bits per heavy atom. The summed E-state index contributed by atoms with van der Waals surface area (Å²) in [6, 6.07) is 1.45. The summed E-state index contributed by atoms with van der Waals surface area (Å²) in [6.45, 7) is 0.562. The van der Waals surface area contributed by atoms with Crippen LogP contribution in [0.2, 0.25) is 5.02 Å². The van der Waals surface area contributed by atoms with Crippen LogP contribution in [-0.2, 0) is 0 Å². The van der Waals surface area contributed by atoms with Crippen LogP contribution in [0, 0.1) is 11.6 Å². The Kier molecular flexibility index (Phi) is 7.63. The van der Waals surface area contributed by atoms with Gasteiger partial charge < -0.3 is 11.5 Å². The van der Waals surface area contributed by atoms with Crippen molar-refractivity contribution in [3.8, 4) is 0 Å². The van der Waals surface area contributed by atoms with Crippen LogP contribution in [0.1, 0.15) is 30.9 Å². The van der Waals surface area contributed by atoms with Crippen molar-refractivity contribution in [2.24, 2.45) is 11.5 Å². The molecule has 0 saturated carbocycles. The fraction of sp³-hybridized carbons (Fsp3) is 0.455. The molecule has 1 aromatic carbocycles. The first kappa shape index (κ1) is 16.6. The average Bonchev–Trinajstić information content (AvgIpc) is 2.24. The minimum atomic E-state index is -0.646. The SMILES string of the molecule is Cl.NCCCC[C@@H](N)c1c(F)ccc(F)c1Cl. The Morgan fingerprint density at radius 1 is 1.18 bits per heavy atom. The molecule has 0 aromatic heterocycles. The summed E-state index contributed by atoms with van der Waals surface area (Å²) in [5.41, 5.74) is 11.2. The van der Waals surface area contributed by atoms with Crippen LogP contribution in [0.5, 0.6) is 0 Å². The van der Waals surface area contributed by atoms with Gasteiger partial charge in [0.1, 0.15) is 11.6 Å². The van der Waals surface area contributed by atoms with Crippen molar-refractivity contribution in [1.29, 1.82) is 0 Å². The van der Waals surface area contributed by atoms with Gasteiger partial charge in [-0.25, -0.2) is 8.78 Å². The molecule has 4 N–H and O–H groups in total. The van der Waals surface area contributed by atoms with Gasteiger partial charge in [-0.2, -0.15) is 0 Å². The molecule has 0 fully saturated rings. The van der Waals surface area contributed by atoms with Gasteiger partial charge >= 0.3 is 0 Å². The lowest BCUT2D eigenvalue weighted by Gasteiger charge is -2.14. The van der Waals surface area contributed by atoms with Gasteiger partial charge in [-0.1, -0.05) is 18.0 Å². The molecule has 0 heterocycles. The first-order chi connectivity index (χ1) is 7.57. The molecule has 98 valence electrons. The maximum Gasteiger partial charge on any atom is 0.142 e. The maximum absolute atomic E-state index is 13.4. The fourth-order valence-corrected chi connectivity index (χ4v) is 1.83. The van der Waals surface area contributed by atoms with E-state index in [0.717, 1.165) is 25.0 Å². The molecule has 1 rings (SSSR count). The van der Waals surface area contributed by atoms with E-state index in [1.165, 1.54) is 0 Å². The van der Waals surface area contributed by atoms with E-state index in [-0.39, 0.29) is 23.0 Å². The lowest BCUT2D eigenvalue weighted by Crippen LogP contribution is -2.14. The van der Waals surface area contributed by atoms with E-state index in [1.54, 1.807) is 0 Å². The molecular weight excluding hydrogens is 269 g/mol. The minimum absolute atomic E-state index is 0. The summed E-state index contributed by atoms with van der Waals surface area (Å²) in [4.78, 5) is 0. The minimum Gasteiger partial charge on any atom is -0.330 e. The van der Waals surface area contributed by atoms with Crippen LogP contribution in [-0.4, -0.2) is 6.54 Å². The topological polar surface area (TPSA) is 52.0 Å². The molecule has 6 heteroatoms. The van der Waals surface area contributed by atoms with Crippen LogP contribution in [0.3, 0.4) is 0 Å². The second-order valence-electron chi connectivity index (χ2n) is 3.65. The first-order valence-electron chi connectivity index (χ1n) is 5.17. The van der Waals surface area contributed by atoms with Crippen LogP contribution >= 0.6 is 24.0 Å². The summed E-state index contributed by atoms with van der Waals surface area (Å²) in [5, 5.41) is -0.222. The molecule has 2 nitrogen and oxygen atoms in total. The zero-order valence-electron chi connectivity index (χ0n) is 9.26. The van der Waals surface area contributed by atoms with Gasteiger partial charge in [-0.3, -0.25) is 0 Å². The van der Waals surface area contributed by atoms with Gasteiger partial charge in [-0.05, 0) is 31.5 Å². The highest BCUT2D eigenvalue weighted by molar-refractivity contribution is 6.31. The highest BCUT2D eigenvalue weighted by atomic mass is 35.5. The van der Waals surface area contributed by atoms with Crippen LogP contribution in [0.4, 0.5) is 8.78 Å². The third-order valence-electron chi connectivity index (χ3n) is 2.42. The molecule has 0 radical (unpaired) electrons. The van der Waals surface area contributed by atoms with Gasteiger partial charge in [0.25, 0.3) is 0 Å². The van der Waals surface area contributed by atoms with E-state index in [1.807, 2.05) is 0 Å². The number of benzene rings is 1. The molecule has 1 aromatic rings. The highest BCUT2D eigenvalue weighted by Gasteiger charge is 2.17. The second kappa shape index (κ2) is 7.82. The third kappa shape index (κ3) is 4.39. The van der Waals surface area contributed by atoms with E-state index in [9.17, 15) is 8.78 Å². The molecule has 0 bridgehead atoms. The van der Waals surface area contributed by atoms with Crippen LogP contribution in [0.25, 0.3) is 0 Å². The maximum atomic E-state index is 13.4. The average molecular weight is 285 g/mol. The molecule has 0 amide bonds. The number of rotatable bonds is 5. The van der Waals surface area contributed by atoms with Crippen molar-refractivity contribution in [2.45, 2.75) is 25.3 Å². The molecule has 0 unspecified atom stereocenters. The Balaban J connectivity index is 0.00000256. The van der Waals surface area contributed by atoms with E-state index < -0.39 is 17.7 Å². The molecule has 0 saturated heterocycles. The summed E-state index contributed by atoms with van der Waals surface area (Å²) in [6.07, 6.45) is 2.11.